The molecule has 2 aromatic rings. The summed E-state index contributed by atoms with van der Waals surface area (Å²) < 4.78 is 12.3. The maximum Gasteiger partial charge on any atom is 0.223 e. The number of ether oxygens (including phenoxy) is 1. The number of fused-ring (bicyclic) bond motifs is 2. The molecule has 1 aliphatic carbocycles. The highest BCUT2D eigenvalue weighted by molar-refractivity contribution is 9.10. The van der Waals surface area contributed by atoms with Crippen LogP contribution in [0.25, 0.3) is 33.4 Å². The summed E-state index contributed by atoms with van der Waals surface area (Å²) in [7, 11) is 0. The maximum absolute atomic E-state index is 12.0. The molecule has 0 bridgehead atoms. The highest BCUT2D eigenvalue weighted by Crippen LogP contribution is 2.46. The van der Waals surface area contributed by atoms with Crippen LogP contribution < -0.4 is 10.2 Å². The van der Waals surface area contributed by atoms with Crippen molar-refractivity contribution in [3.8, 4) is 45.4 Å². The average molecular weight is 455 g/mol. The molecule has 2 aliphatic rings. The summed E-state index contributed by atoms with van der Waals surface area (Å²) in [6, 6.07) is 10.5. The molecule has 0 spiro atoms. The quantitative estimate of drug-likeness (QED) is 0.227. The van der Waals surface area contributed by atoms with Crippen LogP contribution in [-0.2, 0) is 0 Å². The van der Waals surface area contributed by atoms with Crippen molar-refractivity contribution in [2.45, 2.75) is 0 Å². The SMILES string of the molecule is C=CCOc1ccc(Br)cc1-c1c2cc(O)c(=O)cc-2oc2cc(O)c(O)cc12. The zero-order valence-corrected chi connectivity index (χ0v) is 16.6. The summed E-state index contributed by atoms with van der Waals surface area (Å²) in [5.41, 5.74) is 1.30. The first-order valence-electron chi connectivity index (χ1n) is 8.58. The van der Waals surface area contributed by atoms with Crippen molar-refractivity contribution in [2.75, 3.05) is 6.61 Å². The molecule has 0 atom stereocenters. The third kappa shape index (κ3) is 3.30. The summed E-state index contributed by atoms with van der Waals surface area (Å²) in [5.74, 6) is -0.374. The average Bonchev–Trinajstić information content (AvgIpc) is 2.68. The fourth-order valence-electron chi connectivity index (χ4n) is 3.19. The van der Waals surface area contributed by atoms with E-state index in [9.17, 15) is 20.1 Å². The number of aromatic hydroxyl groups is 3. The Labute approximate surface area is 173 Å². The van der Waals surface area contributed by atoms with E-state index in [-0.39, 0.29) is 29.4 Å². The number of benzene rings is 3. The maximum atomic E-state index is 12.0. The minimum Gasteiger partial charge on any atom is -0.504 e. The van der Waals surface area contributed by atoms with E-state index < -0.39 is 11.2 Å². The van der Waals surface area contributed by atoms with E-state index in [0.29, 0.717) is 27.8 Å². The van der Waals surface area contributed by atoms with Gasteiger partial charge in [0.1, 0.15) is 23.7 Å². The highest BCUT2D eigenvalue weighted by Gasteiger charge is 2.23. The minimum atomic E-state index is -0.591. The van der Waals surface area contributed by atoms with Crippen LogP contribution >= 0.6 is 15.9 Å². The van der Waals surface area contributed by atoms with E-state index in [2.05, 4.69) is 22.5 Å². The topological polar surface area (TPSA) is 100 Å². The number of hydrogen-bond acceptors (Lipinski definition) is 6. The second kappa shape index (κ2) is 7.18. The third-order valence-electron chi connectivity index (χ3n) is 4.46. The van der Waals surface area contributed by atoms with Gasteiger partial charge in [0.15, 0.2) is 17.2 Å². The zero-order valence-electron chi connectivity index (χ0n) is 15.0. The normalized spacial score (nSPS) is 11.1. The van der Waals surface area contributed by atoms with Gasteiger partial charge in [0, 0.05) is 38.7 Å². The van der Waals surface area contributed by atoms with Gasteiger partial charge in [-0.25, -0.2) is 0 Å². The van der Waals surface area contributed by atoms with Crippen molar-refractivity contribution >= 4 is 26.9 Å². The Balaban J connectivity index is 2.19. The van der Waals surface area contributed by atoms with Crippen LogP contribution in [0.3, 0.4) is 0 Å². The van der Waals surface area contributed by atoms with Crippen molar-refractivity contribution in [3.63, 3.8) is 0 Å². The Morgan fingerprint density at radius 1 is 1.00 bits per heavy atom. The first-order chi connectivity index (χ1) is 13.9. The summed E-state index contributed by atoms with van der Waals surface area (Å²) >= 11 is 3.45. The largest absolute Gasteiger partial charge is 0.504 e. The Hall–Kier alpha value is -3.45. The van der Waals surface area contributed by atoms with Gasteiger partial charge in [-0.15, -0.1) is 0 Å². The van der Waals surface area contributed by atoms with Gasteiger partial charge in [-0.1, -0.05) is 28.6 Å². The Morgan fingerprint density at radius 2 is 1.76 bits per heavy atom. The van der Waals surface area contributed by atoms with Crippen molar-refractivity contribution in [3.05, 3.63) is 69.8 Å². The van der Waals surface area contributed by atoms with Crippen LogP contribution in [0, 0.1) is 0 Å². The lowest BCUT2D eigenvalue weighted by molar-refractivity contribution is 0.364. The Kier molecular flexibility index (Phi) is 4.68. The lowest BCUT2D eigenvalue weighted by Gasteiger charge is -2.18. The molecule has 6 nitrogen and oxygen atoms in total. The molecule has 7 heteroatoms. The molecule has 29 heavy (non-hydrogen) atoms. The smallest absolute Gasteiger partial charge is 0.223 e. The predicted octanol–water partition coefficient (Wildman–Crippen LogP) is 5.01. The lowest BCUT2D eigenvalue weighted by Crippen LogP contribution is -2.02. The van der Waals surface area contributed by atoms with E-state index >= 15 is 0 Å². The highest BCUT2D eigenvalue weighted by atomic mass is 79.9. The molecule has 0 radical (unpaired) electrons. The predicted molar refractivity (Wildman–Crippen MR) is 113 cm³/mol. The molecule has 1 heterocycles. The molecule has 0 saturated heterocycles. The molecule has 0 amide bonds. The second-order valence-corrected chi connectivity index (χ2v) is 7.29. The third-order valence-corrected chi connectivity index (χ3v) is 4.96. The number of halogens is 1. The molecular formula is C22H15BrO6. The van der Waals surface area contributed by atoms with Gasteiger partial charge >= 0.3 is 0 Å². The van der Waals surface area contributed by atoms with Gasteiger partial charge < -0.3 is 24.5 Å². The van der Waals surface area contributed by atoms with Crippen LogP contribution in [0.2, 0.25) is 0 Å². The molecule has 0 fully saturated rings. The number of hydrogen-bond donors (Lipinski definition) is 3. The van der Waals surface area contributed by atoms with E-state index in [1.807, 2.05) is 12.1 Å². The van der Waals surface area contributed by atoms with Gasteiger partial charge in [0.05, 0.1) is 0 Å². The zero-order chi connectivity index (χ0) is 20.7. The van der Waals surface area contributed by atoms with E-state index in [1.165, 1.54) is 24.3 Å². The fourth-order valence-corrected chi connectivity index (χ4v) is 3.55. The molecule has 146 valence electrons. The van der Waals surface area contributed by atoms with Crippen molar-refractivity contribution in [1.29, 1.82) is 0 Å². The van der Waals surface area contributed by atoms with Crippen molar-refractivity contribution in [2.24, 2.45) is 0 Å². The molecule has 0 saturated carbocycles. The minimum absolute atomic E-state index is 0.218. The summed E-state index contributed by atoms with van der Waals surface area (Å²) in [6.07, 6.45) is 1.61. The van der Waals surface area contributed by atoms with Crippen LogP contribution in [0.1, 0.15) is 0 Å². The van der Waals surface area contributed by atoms with Crippen LogP contribution in [-0.4, -0.2) is 21.9 Å². The molecule has 1 aliphatic heterocycles. The monoisotopic (exact) mass is 454 g/mol. The number of phenols is 3. The van der Waals surface area contributed by atoms with E-state index in [1.54, 1.807) is 12.1 Å². The first kappa shape index (κ1) is 18.9. The number of rotatable bonds is 4. The van der Waals surface area contributed by atoms with Crippen LogP contribution in [0.5, 0.6) is 23.0 Å². The summed E-state index contributed by atoms with van der Waals surface area (Å²) in [4.78, 5) is 12.0. The molecular weight excluding hydrogens is 440 g/mol. The molecule has 4 rings (SSSR count). The van der Waals surface area contributed by atoms with E-state index in [0.717, 1.165) is 4.47 Å². The fraction of sp³-hybridized carbons (Fsp3) is 0.0455. The van der Waals surface area contributed by atoms with E-state index in [4.69, 9.17) is 9.15 Å². The summed E-state index contributed by atoms with van der Waals surface area (Å²) in [5, 5.41) is 30.5. The second-order valence-electron chi connectivity index (χ2n) is 6.37. The molecule has 0 aromatic heterocycles. The Bertz CT molecular complexity index is 1290. The van der Waals surface area contributed by atoms with Crippen LogP contribution in [0.15, 0.2) is 68.8 Å². The van der Waals surface area contributed by atoms with Crippen molar-refractivity contribution in [1.82, 2.24) is 0 Å². The summed E-state index contributed by atoms with van der Waals surface area (Å²) in [6.45, 7) is 3.93. The van der Waals surface area contributed by atoms with Gasteiger partial charge in [0.2, 0.25) is 5.43 Å². The standard InChI is InChI=1S/C22H15BrO6/c1-2-5-28-19-4-3-11(23)6-12(19)22-13-7-15(24)17(26)9-20(13)29-21-10-18(27)16(25)8-14(21)22/h2-4,6-10,24-26H,1,5H2. The number of phenolic OH excluding ortho intramolecular Hbond substituents is 3. The van der Waals surface area contributed by atoms with Gasteiger partial charge in [0.25, 0.3) is 0 Å². The molecule has 2 aromatic carbocycles. The molecule has 0 unspecified atom stereocenters. The lowest BCUT2D eigenvalue weighted by atomic mass is 9.92. The van der Waals surface area contributed by atoms with Crippen molar-refractivity contribution < 1.29 is 24.5 Å². The van der Waals surface area contributed by atoms with Gasteiger partial charge in [-0.05, 0) is 30.3 Å². The first-order valence-corrected chi connectivity index (χ1v) is 9.37. The van der Waals surface area contributed by atoms with Crippen LogP contribution in [0.4, 0.5) is 0 Å². The van der Waals surface area contributed by atoms with Gasteiger partial charge in [-0.2, -0.15) is 0 Å². The Morgan fingerprint density at radius 3 is 2.52 bits per heavy atom. The molecule has 3 N–H and O–H groups in total. The van der Waals surface area contributed by atoms with Gasteiger partial charge in [-0.3, -0.25) is 4.79 Å².